The van der Waals surface area contributed by atoms with Crippen LogP contribution in [-0.2, 0) is 4.79 Å². The average molecular weight is 296 g/mol. The third-order valence-corrected chi connectivity index (χ3v) is 3.11. The second-order valence-corrected chi connectivity index (χ2v) is 4.87. The van der Waals surface area contributed by atoms with Crippen LogP contribution in [0, 0.1) is 0 Å². The molecule has 0 aliphatic heterocycles. The molecular formula is C18H16O4. The molecule has 2 aromatic rings. The number of aromatic carboxylic acids is 1. The second kappa shape index (κ2) is 6.72. The molecule has 0 amide bonds. The van der Waals surface area contributed by atoms with Crippen molar-refractivity contribution in [1.29, 1.82) is 0 Å². The van der Waals surface area contributed by atoms with Crippen LogP contribution >= 0.6 is 0 Å². The van der Waals surface area contributed by atoms with Gasteiger partial charge in [0.15, 0.2) is 0 Å². The molecule has 0 unspecified atom stereocenters. The standard InChI is InChI=1S/C18H16O4/c1-12(15-5-7-16(8-6-15)18(20)21)11-14-3-9-17(10-4-14)22-13(2)19/h3-11H,1-2H3,(H,20,21)/b12-11+. The van der Waals surface area contributed by atoms with Crippen molar-refractivity contribution in [1.82, 2.24) is 0 Å². The molecule has 112 valence electrons. The Bertz CT molecular complexity index is 710. The molecule has 0 atom stereocenters. The highest BCUT2D eigenvalue weighted by molar-refractivity contribution is 5.88. The second-order valence-electron chi connectivity index (χ2n) is 4.87. The fourth-order valence-electron chi connectivity index (χ4n) is 2.01. The predicted molar refractivity (Wildman–Crippen MR) is 84.7 cm³/mol. The van der Waals surface area contributed by atoms with E-state index in [4.69, 9.17) is 9.84 Å². The molecule has 0 aliphatic carbocycles. The van der Waals surface area contributed by atoms with Crippen LogP contribution in [0.5, 0.6) is 5.75 Å². The Kier molecular flexibility index (Phi) is 4.73. The Morgan fingerprint density at radius 2 is 1.45 bits per heavy atom. The highest BCUT2D eigenvalue weighted by atomic mass is 16.5. The molecule has 4 heteroatoms. The first-order valence-corrected chi connectivity index (χ1v) is 6.76. The Hall–Kier alpha value is -2.88. The van der Waals surface area contributed by atoms with E-state index in [1.54, 1.807) is 36.4 Å². The molecular weight excluding hydrogens is 280 g/mol. The third kappa shape index (κ3) is 4.06. The van der Waals surface area contributed by atoms with Crippen molar-refractivity contribution >= 4 is 23.6 Å². The van der Waals surface area contributed by atoms with Crippen molar-refractivity contribution < 1.29 is 19.4 Å². The molecule has 0 aliphatic rings. The molecule has 2 rings (SSSR count). The van der Waals surface area contributed by atoms with Crippen molar-refractivity contribution in [3.63, 3.8) is 0 Å². The average Bonchev–Trinajstić information content (AvgIpc) is 2.49. The van der Waals surface area contributed by atoms with E-state index < -0.39 is 5.97 Å². The molecule has 0 bridgehead atoms. The maximum absolute atomic E-state index is 10.9. The lowest BCUT2D eigenvalue weighted by atomic mass is 10.0. The third-order valence-electron chi connectivity index (χ3n) is 3.11. The Morgan fingerprint density at radius 3 is 1.95 bits per heavy atom. The summed E-state index contributed by atoms with van der Waals surface area (Å²) in [7, 11) is 0. The molecule has 0 heterocycles. The zero-order chi connectivity index (χ0) is 16.1. The van der Waals surface area contributed by atoms with E-state index in [9.17, 15) is 9.59 Å². The summed E-state index contributed by atoms with van der Waals surface area (Å²) in [6, 6.07) is 13.9. The highest BCUT2D eigenvalue weighted by Crippen LogP contribution is 2.20. The van der Waals surface area contributed by atoms with Crippen molar-refractivity contribution in [2.24, 2.45) is 0 Å². The van der Waals surface area contributed by atoms with E-state index in [2.05, 4.69) is 0 Å². The van der Waals surface area contributed by atoms with Gasteiger partial charge in [-0.15, -0.1) is 0 Å². The molecule has 0 fully saturated rings. The smallest absolute Gasteiger partial charge is 0.335 e. The number of carboxylic acid groups (broad SMARTS) is 1. The molecule has 4 nitrogen and oxygen atoms in total. The summed E-state index contributed by atoms with van der Waals surface area (Å²) < 4.78 is 4.98. The van der Waals surface area contributed by atoms with Gasteiger partial charge in [-0.3, -0.25) is 4.79 Å². The summed E-state index contributed by atoms with van der Waals surface area (Å²) in [5.74, 6) is -0.777. The number of carbonyl (C=O) groups is 2. The van der Waals surface area contributed by atoms with Gasteiger partial charge in [0, 0.05) is 6.92 Å². The Morgan fingerprint density at radius 1 is 0.909 bits per heavy atom. The summed E-state index contributed by atoms with van der Waals surface area (Å²) in [4.78, 5) is 21.7. The monoisotopic (exact) mass is 296 g/mol. The lowest BCUT2D eigenvalue weighted by Crippen LogP contribution is -2.00. The number of esters is 1. The van der Waals surface area contributed by atoms with Crippen LogP contribution in [0.25, 0.3) is 11.6 Å². The maximum atomic E-state index is 10.9. The van der Waals surface area contributed by atoms with Gasteiger partial charge in [0.2, 0.25) is 0 Å². The minimum absolute atomic E-state index is 0.266. The van der Waals surface area contributed by atoms with Crippen LogP contribution in [0.1, 0.15) is 35.3 Å². The number of rotatable bonds is 4. The molecule has 0 radical (unpaired) electrons. The van der Waals surface area contributed by atoms with Crippen LogP contribution in [0.4, 0.5) is 0 Å². The largest absolute Gasteiger partial charge is 0.478 e. The molecule has 0 saturated heterocycles. The van der Waals surface area contributed by atoms with Gasteiger partial charge < -0.3 is 9.84 Å². The fourth-order valence-corrected chi connectivity index (χ4v) is 2.01. The summed E-state index contributed by atoms with van der Waals surface area (Å²) in [5, 5.41) is 8.89. The van der Waals surface area contributed by atoms with E-state index in [-0.39, 0.29) is 11.5 Å². The Labute approximate surface area is 128 Å². The number of hydrogen-bond acceptors (Lipinski definition) is 3. The van der Waals surface area contributed by atoms with Crippen LogP contribution in [0.2, 0.25) is 0 Å². The van der Waals surface area contributed by atoms with Gasteiger partial charge in [0.05, 0.1) is 5.56 Å². The van der Waals surface area contributed by atoms with Crippen LogP contribution in [-0.4, -0.2) is 17.0 Å². The summed E-state index contributed by atoms with van der Waals surface area (Å²) >= 11 is 0. The molecule has 2 aromatic carbocycles. The maximum Gasteiger partial charge on any atom is 0.335 e. The molecule has 22 heavy (non-hydrogen) atoms. The normalized spacial score (nSPS) is 11.1. The zero-order valence-corrected chi connectivity index (χ0v) is 12.4. The van der Waals surface area contributed by atoms with Gasteiger partial charge in [0.25, 0.3) is 0 Å². The molecule has 1 N–H and O–H groups in total. The molecule has 0 aromatic heterocycles. The van der Waals surface area contributed by atoms with Gasteiger partial charge in [-0.2, -0.15) is 0 Å². The van der Waals surface area contributed by atoms with Crippen LogP contribution in [0.15, 0.2) is 48.5 Å². The highest BCUT2D eigenvalue weighted by Gasteiger charge is 2.03. The number of allylic oxidation sites excluding steroid dienone is 1. The van der Waals surface area contributed by atoms with Crippen molar-refractivity contribution in [2.75, 3.05) is 0 Å². The topological polar surface area (TPSA) is 63.6 Å². The van der Waals surface area contributed by atoms with Crippen molar-refractivity contribution in [3.8, 4) is 5.75 Å². The van der Waals surface area contributed by atoms with E-state index in [0.717, 1.165) is 16.7 Å². The molecule has 0 spiro atoms. The van der Waals surface area contributed by atoms with Gasteiger partial charge >= 0.3 is 11.9 Å². The number of benzene rings is 2. The van der Waals surface area contributed by atoms with E-state index in [0.29, 0.717) is 5.75 Å². The summed E-state index contributed by atoms with van der Waals surface area (Å²) in [5.41, 5.74) is 3.20. The molecule has 0 saturated carbocycles. The minimum atomic E-state index is -0.936. The minimum Gasteiger partial charge on any atom is -0.478 e. The van der Waals surface area contributed by atoms with E-state index in [1.165, 1.54) is 6.92 Å². The van der Waals surface area contributed by atoms with E-state index >= 15 is 0 Å². The lowest BCUT2D eigenvalue weighted by molar-refractivity contribution is -0.131. The first-order valence-electron chi connectivity index (χ1n) is 6.76. The first kappa shape index (κ1) is 15.5. The quantitative estimate of drug-likeness (QED) is 0.528. The Balaban J connectivity index is 2.17. The van der Waals surface area contributed by atoms with Crippen molar-refractivity contribution in [3.05, 3.63) is 65.2 Å². The zero-order valence-electron chi connectivity index (χ0n) is 12.4. The number of carboxylic acids is 1. The number of ether oxygens (including phenoxy) is 1. The number of carbonyl (C=O) groups excluding carboxylic acids is 1. The predicted octanol–water partition coefficient (Wildman–Crippen LogP) is 3.87. The van der Waals surface area contributed by atoms with Crippen LogP contribution < -0.4 is 4.74 Å². The first-order chi connectivity index (χ1) is 10.5. The van der Waals surface area contributed by atoms with E-state index in [1.807, 2.05) is 25.1 Å². The lowest BCUT2D eigenvalue weighted by Gasteiger charge is -2.04. The van der Waals surface area contributed by atoms with Gasteiger partial charge in [0.1, 0.15) is 5.75 Å². The number of hydrogen-bond donors (Lipinski definition) is 1. The van der Waals surface area contributed by atoms with Gasteiger partial charge in [-0.25, -0.2) is 4.79 Å². The van der Waals surface area contributed by atoms with Gasteiger partial charge in [-0.05, 0) is 47.9 Å². The van der Waals surface area contributed by atoms with Gasteiger partial charge in [-0.1, -0.05) is 30.3 Å². The van der Waals surface area contributed by atoms with Crippen LogP contribution in [0.3, 0.4) is 0 Å². The summed E-state index contributed by atoms with van der Waals surface area (Å²) in [6.07, 6.45) is 1.98. The van der Waals surface area contributed by atoms with Crippen molar-refractivity contribution in [2.45, 2.75) is 13.8 Å². The SMILES string of the molecule is CC(=O)Oc1ccc(/C=C(\C)c2ccc(C(=O)O)cc2)cc1. The summed E-state index contributed by atoms with van der Waals surface area (Å²) in [6.45, 7) is 3.31. The fraction of sp³-hybridized carbons (Fsp3) is 0.111.